The Bertz CT molecular complexity index is 614. The fraction of sp³-hybridized carbons (Fsp3) is 0.600. The number of nitrogens with one attached hydrogen (secondary N) is 1. The zero-order chi connectivity index (χ0) is 19.7. The van der Waals surface area contributed by atoms with Gasteiger partial charge >= 0.3 is 5.97 Å². The van der Waals surface area contributed by atoms with E-state index in [4.69, 9.17) is 14.2 Å². The fourth-order valence-electron chi connectivity index (χ4n) is 2.18. The summed E-state index contributed by atoms with van der Waals surface area (Å²) >= 11 is 0. The molecule has 26 heavy (non-hydrogen) atoms. The number of anilines is 1. The first-order chi connectivity index (χ1) is 12.3. The molecule has 1 aromatic carbocycles. The summed E-state index contributed by atoms with van der Waals surface area (Å²) < 4.78 is 16.2. The van der Waals surface area contributed by atoms with Gasteiger partial charge in [-0.25, -0.2) is 4.79 Å². The minimum atomic E-state index is -0.922. The van der Waals surface area contributed by atoms with Gasteiger partial charge in [-0.1, -0.05) is 27.7 Å². The number of carbonyl (C=O) groups excluding carboxylic acids is 2. The first kappa shape index (κ1) is 22.0. The second kappa shape index (κ2) is 10.2. The maximum absolute atomic E-state index is 12.6. The van der Waals surface area contributed by atoms with E-state index in [1.54, 1.807) is 25.1 Å². The van der Waals surface area contributed by atoms with E-state index in [9.17, 15) is 9.59 Å². The molecule has 0 heterocycles. The molecule has 146 valence electrons. The van der Waals surface area contributed by atoms with Crippen molar-refractivity contribution in [1.29, 1.82) is 0 Å². The third-order valence-corrected chi connectivity index (χ3v) is 3.99. The Labute approximate surface area is 156 Å². The third-order valence-electron chi connectivity index (χ3n) is 3.99. The van der Waals surface area contributed by atoms with Gasteiger partial charge in [-0.3, -0.25) is 4.79 Å². The van der Waals surface area contributed by atoms with Crippen LogP contribution in [0.4, 0.5) is 5.69 Å². The number of esters is 1. The highest BCUT2D eigenvalue weighted by Crippen LogP contribution is 2.26. The highest BCUT2D eigenvalue weighted by molar-refractivity contribution is 5.99. The van der Waals surface area contributed by atoms with Crippen LogP contribution in [-0.4, -0.2) is 37.8 Å². The van der Waals surface area contributed by atoms with Gasteiger partial charge in [-0.05, 0) is 43.9 Å². The van der Waals surface area contributed by atoms with Gasteiger partial charge in [0.15, 0.2) is 0 Å². The first-order valence-electron chi connectivity index (χ1n) is 9.07. The number of amides is 1. The highest BCUT2D eigenvalue weighted by Gasteiger charge is 2.32. The lowest BCUT2D eigenvalue weighted by atomic mass is 10.0. The molecule has 0 saturated carbocycles. The Morgan fingerprint density at radius 2 is 1.92 bits per heavy atom. The minimum absolute atomic E-state index is 0.250. The fourth-order valence-corrected chi connectivity index (χ4v) is 2.18. The van der Waals surface area contributed by atoms with E-state index in [-0.39, 0.29) is 11.5 Å². The molecule has 0 aliphatic heterocycles. The summed E-state index contributed by atoms with van der Waals surface area (Å²) in [5, 5.41) is 2.83. The Kier molecular flexibility index (Phi) is 8.58. The number of hydrogen-bond donors (Lipinski definition) is 1. The Hall–Kier alpha value is -2.08. The molecule has 1 N–H and O–H groups in total. The molecule has 0 spiro atoms. The predicted octanol–water partition coefficient (Wildman–Crippen LogP) is 4.04. The summed E-state index contributed by atoms with van der Waals surface area (Å²) in [6.07, 6.45) is 1.37. The van der Waals surface area contributed by atoms with Crippen LogP contribution in [0.3, 0.4) is 0 Å². The van der Waals surface area contributed by atoms with E-state index in [1.807, 2.05) is 27.7 Å². The van der Waals surface area contributed by atoms with Crippen molar-refractivity contribution in [2.24, 2.45) is 5.92 Å². The maximum atomic E-state index is 12.6. The lowest BCUT2D eigenvalue weighted by Gasteiger charge is -2.27. The number of carbonyl (C=O) groups is 2. The molecule has 0 saturated heterocycles. The second-order valence-electron chi connectivity index (χ2n) is 6.79. The van der Waals surface area contributed by atoms with Gasteiger partial charge in [0.1, 0.15) is 16.9 Å². The topological polar surface area (TPSA) is 73.9 Å². The molecule has 0 aliphatic rings. The number of ether oxygens (including phenoxy) is 3. The van der Waals surface area contributed by atoms with E-state index in [0.717, 1.165) is 6.42 Å². The largest absolute Gasteiger partial charge is 0.492 e. The van der Waals surface area contributed by atoms with Crippen LogP contribution >= 0.6 is 0 Å². The molecule has 1 atom stereocenters. The predicted molar refractivity (Wildman–Crippen MR) is 102 cm³/mol. The zero-order valence-corrected chi connectivity index (χ0v) is 16.7. The van der Waals surface area contributed by atoms with Crippen LogP contribution < -0.4 is 10.1 Å². The number of hydrogen-bond acceptors (Lipinski definition) is 5. The molecular formula is C20H31NO5. The molecule has 1 rings (SSSR count). The van der Waals surface area contributed by atoms with Gasteiger partial charge in [-0.15, -0.1) is 0 Å². The molecule has 0 aliphatic carbocycles. The summed E-state index contributed by atoms with van der Waals surface area (Å²) in [5.74, 6) is -0.00894. The average Bonchev–Trinajstić information content (AvgIpc) is 2.63. The van der Waals surface area contributed by atoms with Gasteiger partial charge in [0.2, 0.25) is 0 Å². The van der Waals surface area contributed by atoms with Crippen LogP contribution in [0.2, 0.25) is 0 Å². The summed E-state index contributed by atoms with van der Waals surface area (Å²) in [7, 11) is 1.31. The normalized spacial score (nSPS) is 13.2. The van der Waals surface area contributed by atoms with Gasteiger partial charge in [0, 0.05) is 12.3 Å². The van der Waals surface area contributed by atoms with Gasteiger partial charge in [0.05, 0.1) is 13.7 Å². The smallest absolute Gasteiger partial charge is 0.341 e. The van der Waals surface area contributed by atoms with Crippen molar-refractivity contribution in [3.8, 4) is 5.75 Å². The molecule has 0 bridgehead atoms. The molecule has 6 heteroatoms. The summed E-state index contributed by atoms with van der Waals surface area (Å²) in [5.41, 5.74) is -0.153. The lowest BCUT2D eigenvalue weighted by molar-refractivity contribution is -0.139. The molecular weight excluding hydrogens is 334 g/mol. The number of benzene rings is 1. The summed E-state index contributed by atoms with van der Waals surface area (Å²) in [6.45, 7) is 10.7. The Morgan fingerprint density at radius 1 is 1.23 bits per heavy atom. The molecule has 1 amide bonds. The third kappa shape index (κ3) is 6.02. The van der Waals surface area contributed by atoms with Crippen LogP contribution in [0.5, 0.6) is 5.75 Å². The van der Waals surface area contributed by atoms with Crippen molar-refractivity contribution in [3.63, 3.8) is 0 Å². The van der Waals surface area contributed by atoms with E-state index >= 15 is 0 Å². The molecule has 0 radical (unpaired) electrons. The SMILES string of the molecule is CCCOC(C)(CC)C(=O)Nc1ccc(OCC(C)C)c(C(=O)OC)c1. The standard InChI is InChI=1S/C20H31NO5/c1-7-11-26-20(5,8-2)19(23)21-15-9-10-17(25-13-14(3)4)16(12-15)18(22)24-6/h9-10,12,14H,7-8,11,13H2,1-6H3,(H,21,23). The van der Waals surface area contributed by atoms with Gasteiger partial charge in [0.25, 0.3) is 5.91 Å². The Morgan fingerprint density at radius 3 is 2.46 bits per heavy atom. The van der Waals surface area contributed by atoms with Crippen molar-refractivity contribution in [2.75, 3.05) is 25.6 Å². The maximum Gasteiger partial charge on any atom is 0.341 e. The van der Waals surface area contributed by atoms with Crippen LogP contribution in [0.25, 0.3) is 0 Å². The molecule has 1 aromatic rings. The quantitative estimate of drug-likeness (QED) is 0.633. The summed E-state index contributed by atoms with van der Waals surface area (Å²) in [4.78, 5) is 24.7. The van der Waals surface area contributed by atoms with E-state index < -0.39 is 11.6 Å². The van der Waals surface area contributed by atoms with Gasteiger partial charge < -0.3 is 19.5 Å². The van der Waals surface area contributed by atoms with Crippen molar-refractivity contribution in [2.45, 2.75) is 53.1 Å². The van der Waals surface area contributed by atoms with Crippen molar-refractivity contribution in [3.05, 3.63) is 23.8 Å². The summed E-state index contributed by atoms with van der Waals surface area (Å²) in [6, 6.07) is 4.94. The van der Waals surface area contributed by atoms with Crippen LogP contribution in [0.15, 0.2) is 18.2 Å². The highest BCUT2D eigenvalue weighted by atomic mass is 16.5. The van der Waals surface area contributed by atoms with Crippen LogP contribution in [0, 0.1) is 5.92 Å². The first-order valence-corrected chi connectivity index (χ1v) is 9.07. The zero-order valence-electron chi connectivity index (χ0n) is 16.7. The van der Waals surface area contributed by atoms with E-state index in [0.29, 0.717) is 37.0 Å². The second-order valence-corrected chi connectivity index (χ2v) is 6.79. The minimum Gasteiger partial charge on any atom is -0.492 e. The molecule has 1 unspecified atom stereocenters. The van der Waals surface area contributed by atoms with Crippen molar-refractivity contribution in [1.82, 2.24) is 0 Å². The van der Waals surface area contributed by atoms with E-state index in [2.05, 4.69) is 5.32 Å². The molecule has 0 aromatic heterocycles. The Balaban J connectivity index is 3.02. The monoisotopic (exact) mass is 365 g/mol. The average molecular weight is 365 g/mol. The lowest BCUT2D eigenvalue weighted by Crippen LogP contribution is -2.42. The molecule has 0 fully saturated rings. The molecule has 6 nitrogen and oxygen atoms in total. The number of methoxy groups -OCH3 is 1. The van der Waals surface area contributed by atoms with Crippen LogP contribution in [-0.2, 0) is 14.3 Å². The van der Waals surface area contributed by atoms with Crippen LogP contribution in [0.1, 0.15) is 57.8 Å². The van der Waals surface area contributed by atoms with Crippen molar-refractivity contribution >= 4 is 17.6 Å². The van der Waals surface area contributed by atoms with Gasteiger partial charge in [-0.2, -0.15) is 0 Å². The number of rotatable bonds is 10. The van der Waals surface area contributed by atoms with E-state index in [1.165, 1.54) is 7.11 Å². The van der Waals surface area contributed by atoms with Crippen molar-refractivity contribution < 1.29 is 23.8 Å².